The fourth-order valence-electron chi connectivity index (χ4n) is 2.95. The Morgan fingerprint density at radius 2 is 1.75 bits per heavy atom. The van der Waals surface area contributed by atoms with Crippen molar-refractivity contribution in [3.05, 3.63) is 24.3 Å². The molecule has 13 heteroatoms. The van der Waals surface area contributed by atoms with E-state index in [1.54, 1.807) is 0 Å². The molecule has 0 spiro atoms. The number of quaternary nitrogens is 1. The summed E-state index contributed by atoms with van der Waals surface area (Å²) in [6.07, 6.45) is -11.9. The van der Waals surface area contributed by atoms with Crippen LogP contribution in [0.4, 0.5) is 40.8 Å². The molecule has 2 atom stereocenters. The Kier molecular flexibility index (Phi) is 5.47. The van der Waals surface area contributed by atoms with Gasteiger partial charge in [-0.25, -0.2) is 4.79 Å². The molecule has 1 aliphatic heterocycles. The lowest BCUT2D eigenvalue weighted by atomic mass is 9.97. The van der Waals surface area contributed by atoms with E-state index in [1.807, 2.05) is 0 Å². The number of halogens is 8. The minimum Gasteiger partial charge on any atom is -0.406 e. The maximum Gasteiger partial charge on any atom is 0.573 e. The molecule has 1 heterocycles. The highest BCUT2D eigenvalue weighted by Crippen LogP contribution is 2.42. The molecule has 1 aliphatic rings. The summed E-state index contributed by atoms with van der Waals surface area (Å²) in [5, 5.41) is 0. The second-order valence-electron chi connectivity index (χ2n) is 5.92. The number of nitrogens with zero attached hydrogens (tertiary/aromatic N) is 1. The lowest BCUT2D eigenvalue weighted by molar-refractivity contribution is -0.274. The van der Waals surface area contributed by atoms with Crippen LogP contribution in [0.3, 0.4) is 0 Å². The van der Waals surface area contributed by atoms with E-state index in [9.17, 15) is 44.7 Å². The first kappa shape index (κ1) is 22.0. The molecule has 2 unspecified atom stereocenters. The molecule has 1 N–H and O–H groups in total. The summed E-state index contributed by atoms with van der Waals surface area (Å²) in [7, 11) is 1.14. The largest absolute Gasteiger partial charge is 0.573 e. The summed E-state index contributed by atoms with van der Waals surface area (Å²) in [5.41, 5.74) is 2.16. The molecule has 5 nitrogen and oxygen atoms in total. The second kappa shape index (κ2) is 6.95. The van der Waals surface area contributed by atoms with E-state index in [-0.39, 0.29) is 5.69 Å². The molecule has 0 aliphatic carbocycles. The second-order valence-corrected chi connectivity index (χ2v) is 5.92. The monoisotopic (exact) mass is 421 g/mol. The first-order chi connectivity index (χ1) is 12.7. The highest BCUT2D eigenvalue weighted by molar-refractivity contribution is 6.09. The molecular formula is C15H13F8N2O3+. The van der Waals surface area contributed by atoms with Crippen molar-refractivity contribution in [2.24, 2.45) is 5.92 Å². The Balaban J connectivity index is 2.39. The molecule has 0 bridgehead atoms. The molecule has 156 valence electrons. The van der Waals surface area contributed by atoms with Crippen LogP contribution in [0.5, 0.6) is 5.75 Å². The summed E-state index contributed by atoms with van der Waals surface area (Å²) in [6.45, 7) is -0.435. The fraction of sp³-hybridized carbons (Fsp3) is 0.467. The van der Waals surface area contributed by atoms with Crippen molar-refractivity contribution in [1.82, 2.24) is 10.0 Å². The first-order valence-electron chi connectivity index (χ1n) is 7.62. The van der Waals surface area contributed by atoms with Gasteiger partial charge in [0.1, 0.15) is 18.2 Å². The number of hydrogen-bond donors (Lipinski definition) is 1. The van der Waals surface area contributed by atoms with Crippen molar-refractivity contribution in [2.75, 3.05) is 13.6 Å². The molecule has 28 heavy (non-hydrogen) atoms. The molecule has 0 radical (unpaired) electrons. The third kappa shape index (κ3) is 3.81. The molecule has 1 aromatic rings. The van der Waals surface area contributed by atoms with Gasteiger partial charge in [0.2, 0.25) is 5.78 Å². The first-order valence-corrected chi connectivity index (χ1v) is 7.62. The predicted octanol–water partition coefficient (Wildman–Crippen LogP) is 3.34. The van der Waals surface area contributed by atoms with Gasteiger partial charge in [0.25, 0.3) is 0 Å². The molecule has 1 aromatic carbocycles. The highest BCUT2D eigenvalue weighted by Gasteiger charge is 2.68. The smallest absolute Gasteiger partial charge is 0.406 e. The fourth-order valence-corrected chi connectivity index (χ4v) is 2.95. The lowest BCUT2D eigenvalue weighted by Crippen LogP contribution is -2.61. The van der Waals surface area contributed by atoms with Crippen molar-refractivity contribution in [3.63, 3.8) is 0 Å². The summed E-state index contributed by atoms with van der Waals surface area (Å²) in [5.74, 6) is -12.7. The van der Waals surface area contributed by atoms with Crippen molar-refractivity contribution in [3.8, 4) is 5.75 Å². The maximum atomic E-state index is 13.4. The van der Waals surface area contributed by atoms with Gasteiger partial charge in [-0.1, -0.05) is 6.07 Å². The van der Waals surface area contributed by atoms with Crippen LogP contribution < -0.4 is 14.8 Å². The van der Waals surface area contributed by atoms with Gasteiger partial charge in [-0.05, 0) is 6.07 Å². The summed E-state index contributed by atoms with van der Waals surface area (Å²) in [6, 6.07) is 3.90. The zero-order valence-electron chi connectivity index (χ0n) is 14.0. The maximum absolute atomic E-state index is 13.4. The van der Waals surface area contributed by atoms with E-state index < -0.39 is 59.4 Å². The normalized spacial score (nSPS) is 23.8. The van der Waals surface area contributed by atoms with Gasteiger partial charge in [0, 0.05) is 25.6 Å². The van der Waals surface area contributed by atoms with Gasteiger partial charge in [0.15, 0.2) is 5.69 Å². The van der Waals surface area contributed by atoms with E-state index in [4.69, 9.17) is 0 Å². The van der Waals surface area contributed by atoms with E-state index in [0.717, 1.165) is 31.3 Å². The number of nitrogens with one attached hydrogen (secondary N) is 1. The van der Waals surface area contributed by atoms with Crippen LogP contribution in [0.15, 0.2) is 24.3 Å². The van der Waals surface area contributed by atoms with Gasteiger partial charge in [-0.3, -0.25) is 4.79 Å². The Morgan fingerprint density at radius 3 is 2.25 bits per heavy atom. The number of benzene rings is 1. The van der Waals surface area contributed by atoms with Crippen LogP contribution in [-0.4, -0.2) is 43.7 Å². The summed E-state index contributed by atoms with van der Waals surface area (Å²) >= 11 is 0. The van der Waals surface area contributed by atoms with Crippen molar-refractivity contribution in [1.29, 1.82) is 0 Å². The van der Waals surface area contributed by atoms with Crippen molar-refractivity contribution in [2.45, 2.75) is 24.9 Å². The van der Waals surface area contributed by atoms with Crippen LogP contribution in [0.1, 0.15) is 6.42 Å². The molecule has 2 rings (SSSR count). The Morgan fingerprint density at radius 1 is 1.14 bits per heavy atom. The van der Waals surface area contributed by atoms with Gasteiger partial charge in [0.05, 0.1) is 0 Å². The SMILES string of the molecule is CN[N+]1(c2cccc(OC(F)(F)F)c2)CCC(C(=O)C(F)(F)C(F)(F)F)C1=O. The van der Waals surface area contributed by atoms with E-state index in [0.29, 0.717) is 0 Å². The van der Waals surface area contributed by atoms with E-state index >= 15 is 0 Å². The number of rotatable bonds is 5. The van der Waals surface area contributed by atoms with Gasteiger partial charge < -0.3 is 4.74 Å². The summed E-state index contributed by atoms with van der Waals surface area (Å²) in [4.78, 5) is 24.3. The summed E-state index contributed by atoms with van der Waals surface area (Å²) < 4.78 is 104. The average Bonchev–Trinajstić information content (AvgIpc) is 2.89. The number of ketones is 1. The van der Waals surface area contributed by atoms with Crippen LogP contribution in [-0.2, 0) is 9.59 Å². The molecule has 0 saturated carbocycles. The molecular weight excluding hydrogens is 408 g/mol. The number of carbonyl (C=O) groups is 2. The highest BCUT2D eigenvalue weighted by atomic mass is 19.4. The number of carbonyl (C=O) groups excluding carboxylic acids is 2. The van der Waals surface area contributed by atoms with Gasteiger partial charge >= 0.3 is 24.4 Å². The van der Waals surface area contributed by atoms with Gasteiger partial charge in [-0.15, -0.1) is 13.2 Å². The number of alkyl halides is 8. The van der Waals surface area contributed by atoms with E-state index in [2.05, 4.69) is 10.2 Å². The Labute approximate surface area is 152 Å². The topological polar surface area (TPSA) is 55.4 Å². The van der Waals surface area contributed by atoms with Crippen molar-refractivity contribution >= 4 is 17.4 Å². The average molecular weight is 421 g/mol. The third-order valence-electron chi connectivity index (χ3n) is 4.28. The Hall–Kier alpha value is -2.28. The molecule has 1 amide bonds. The molecule has 1 saturated heterocycles. The minimum absolute atomic E-state index is 0.222. The van der Waals surface area contributed by atoms with Crippen LogP contribution in [0, 0.1) is 5.92 Å². The number of amides is 1. The molecule has 1 fully saturated rings. The van der Waals surface area contributed by atoms with E-state index in [1.165, 1.54) is 0 Å². The number of Topliss-reactive ketones (excluding diaryl/α,β-unsaturated/α-hetero) is 1. The van der Waals surface area contributed by atoms with Crippen LogP contribution in [0.2, 0.25) is 0 Å². The quantitative estimate of drug-likeness (QED) is 0.450. The minimum atomic E-state index is -6.18. The van der Waals surface area contributed by atoms with Crippen LogP contribution in [0.25, 0.3) is 0 Å². The lowest BCUT2D eigenvalue weighted by Gasteiger charge is -2.29. The number of ether oxygens (including phenoxy) is 1. The van der Waals surface area contributed by atoms with Crippen molar-refractivity contribution < 1.29 is 49.4 Å². The number of hydrogen-bond acceptors (Lipinski definition) is 4. The zero-order chi connectivity index (χ0) is 21.5. The zero-order valence-corrected chi connectivity index (χ0v) is 14.0. The van der Waals surface area contributed by atoms with Crippen LogP contribution >= 0.6 is 0 Å². The Bertz CT molecular complexity index is 777. The predicted molar refractivity (Wildman–Crippen MR) is 78.0 cm³/mol. The molecule has 0 aromatic heterocycles. The standard InChI is InChI=1S/C15H13F8N2O3/c1-24-25(8-3-2-4-9(7-8)28-15(21,22)23)6-5-10(12(25)27)11(26)13(16,17)14(18,19)20/h2-4,7,10,24H,5-6H2,1H3/q+1. The van der Waals surface area contributed by atoms with Gasteiger partial charge in [-0.2, -0.15) is 32.0 Å². The third-order valence-corrected chi connectivity index (χ3v) is 4.28.